The molecule has 0 radical (unpaired) electrons. The number of hydrogen-bond acceptors (Lipinski definition) is 5. The summed E-state index contributed by atoms with van der Waals surface area (Å²) in [5, 5.41) is 8.71. The number of carbonyl (C=O) groups excluding carboxylic acids is 1. The fourth-order valence-corrected chi connectivity index (χ4v) is 2.57. The summed E-state index contributed by atoms with van der Waals surface area (Å²) in [6.07, 6.45) is 1.73. The number of carbonyl (C=O) groups is 1. The average Bonchev–Trinajstić information content (AvgIpc) is 3.09. The van der Waals surface area contributed by atoms with Gasteiger partial charge in [0.1, 0.15) is 5.75 Å². The van der Waals surface area contributed by atoms with Gasteiger partial charge in [-0.15, -0.1) is 11.3 Å². The van der Waals surface area contributed by atoms with Crippen molar-refractivity contribution in [1.82, 2.24) is 4.98 Å². The zero-order valence-corrected chi connectivity index (χ0v) is 13.3. The van der Waals surface area contributed by atoms with E-state index in [4.69, 9.17) is 4.74 Å². The predicted octanol–water partition coefficient (Wildman–Crippen LogP) is 4.15. The maximum atomic E-state index is 12.3. The summed E-state index contributed by atoms with van der Waals surface area (Å²) in [6.45, 7) is 0. The Morgan fingerprint density at radius 2 is 1.96 bits per heavy atom. The molecule has 2 N–H and O–H groups in total. The molecule has 0 bridgehead atoms. The third kappa shape index (κ3) is 3.87. The standard InChI is InChI=1S/C17H15N3O2S/c1-22-15-7-5-13(6-8-15)19-16(21)12-3-2-4-14(11-12)20-17-18-9-10-23-17/h2-11H,1H3,(H,18,20)(H,19,21). The number of thiazole rings is 1. The molecule has 3 aromatic rings. The lowest BCUT2D eigenvalue weighted by Crippen LogP contribution is -2.11. The van der Waals surface area contributed by atoms with Crippen LogP contribution in [0.15, 0.2) is 60.1 Å². The van der Waals surface area contributed by atoms with E-state index >= 15 is 0 Å². The van der Waals surface area contributed by atoms with Crippen molar-refractivity contribution >= 4 is 33.8 Å². The lowest BCUT2D eigenvalue weighted by molar-refractivity contribution is 0.102. The highest BCUT2D eigenvalue weighted by Crippen LogP contribution is 2.20. The first-order valence-electron chi connectivity index (χ1n) is 6.96. The fourth-order valence-electron chi connectivity index (χ4n) is 2.02. The Kier molecular flexibility index (Phi) is 4.54. The first-order chi connectivity index (χ1) is 11.2. The Balaban J connectivity index is 1.71. The predicted molar refractivity (Wildman–Crippen MR) is 92.8 cm³/mol. The number of ether oxygens (including phenoxy) is 1. The van der Waals surface area contributed by atoms with Gasteiger partial charge in [-0.3, -0.25) is 4.79 Å². The van der Waals surface area contributed by atoms with Crippen LogP contribution in [-0.2, 0) is 0 Å². The Bertz CT molecular complexity index is 786. The number of aromatic nitrogens is 1. The van der Waals surface area contributed by atoms with Crippen LogP contribution in [0.1, 0.15) is 10.4 Å². The Hall–Kier alpha value is -2.86. The lowest BCUT2D eigenvalue weighted by Gasteiger charge is -2.08. The maximum absolute atomic E-state index is 12.3. The van der Waals surface area contributed by atoms with Gasteiger partial charge >= 0.3 is 0 Å². The fraction of sp³-hybridized carbons (Fsp3) is 0.0588. The highest BCUT2D eigenvalue weighted by Gasteiger charge is 2.07. The molecule has 3 rings (SSSR count). The van der Waals surface area contributed by atoms with E-state index in [2.05, 4.69) is 15.6 Å². The van der Waals surface area contributed by atoms with Gasteiger partial charge in [0, 0.05) is 28.5 Å². The van der Waals surface area contributed by atoms with Gasteiger partial charge in [-0.05, 0) is 42.5 Å². The minimum absolute atomic E-state index is 0.169. The third-order valence-corrected chi connectivity index (χ3v) is 3.84. The molecule has 6 heteroatoms. The van der Waals surface area contributed by atoms with E-state index in [0.717, 1.165) is 16.6 Å². The number of nitrogens with one attached hydrogen (secondary N) is 2. The molecule has 2 aromatic carbocycles. The monoisotopic (exact) mass is 325 g/mol. The summed E-state index contributed by atoms with van der Waals surface area (Å²) in [7, 11) is 1.61. The number of benzene rings is 2. The zero-order valence-electron chi connectivity index (χ0n) is 12.4. The van der Waals surface area contributed by atoms with Gasteiger partial charge in [0.15, 0.2) is 5.13 Å². The molecule has 0 atom stereocenters. The van der Waals surface area contributed by atoms with Crippen molar-refractivity contribution in [3.63, 3.8) is 0 Å². The van der Waals surface area contributed by atoms with Crippen molar-refractivity contribution in [2.24, 2.45) is 0 Å². The van der Waals surface area contributed by atoms with Crippen molar-refractivity contribution < 1.29 is 9.53 Å². The molecule has 5 nitrogen and oxygen atoms in total. The van der Waals surface area contributed by atoms with Crippen LogP contribution in [0.25, 0.3) is 0 Å². The van der Waals surface area contributed by atoms with E-state index in [9.17, 15) is 4.79 Å². The molecular weight excluding hydrogens is 310 g/mol. The SMILES string of the molecule is COc1ccc(NC(=O)c2cccc(Nc3nccs3)c2)cc1. The van der Waals surface area contributed by atoms with E-state index in [-0.39, 0.29) is 5.91 Å². The minimum atomic E-state index is -0.169. The number of rotatable bonds is 5. The van der Waals surface area contributed by atoms with E-state index in [1.165, 1.54) is 11.3 Å². The zero-order chi connectivity index (χ0) is 16.1. The first kappa shape index (κ1) is 15.1. The molecule has 23 heavy (non-hydrogen) atoms. The molecule has 1 heterocycles. The third-order valence-electron chi connectivity index (χ3n) is 3.16. The van der Waals surface area contributed by atoms with Crippen molar-refractivity contribution in [2.75, 3.05) is 17.7 Å². The largest absolute Gasteiger partial charge is 0.497 e. The molecule has 1 aromatic heterocycles. The molecule has 0 aliphatic carbocycles. The van der Waals surface area contributed by atoms with E-state index in [0.29, 0.717) is 11.3 Å². The number of nitrogens with zero attached hydrogens (tertiary/aromatic N) is 1. The summed E-state index contributed by atoms with van der Waals surface area (Å²) in [5.41, 5.74) is 2.11. The Labute approximate surface area is 138 Å². The lowest BCUT2D eigenvalue weighted by atomic mass is 10.2. The second-order valence-electron chi connectivity index (χ2n) is 4.73. The smallest absolute Gasteiger partial charge is 0.255 e. The van der Waals surface area contributed by atoms with Crippen LogP contribution in [0.3, 0.4) is 0 Å². The normalized spacial score (nSPS) is 10.1. The summed E-state index contributed by atoms with van der Waals surface area (Å²) in [5.74, 6) is 0.579. The summed E-state index contributed by atoms with van der Waals surface area (Å²) in [6, 6.07) is 14.5. The van der Waals surface area contributed by atoms with Crippen molar-refractivity contribution in [3.05, 3.63) is 65.7 Å². The average molecular weight is 325 g/mol. The van der Waals surface area contributed by atoms with Gasteiger partial charge in [-0.25, -0.2) is 4.98 Å². The van der Waals surface area contributed by atoms with Gasteiger partial charge in [-0.1, -0.05) is 6.07 Å². The van der Waals surface area contributed by atoms with Crippen LogP contribution in [-0.4, -0.2) is 18.0 Å². The van der Waals surface area contributed by atoms with Gasteiger partial charge in [0.05, 0.1) is 7.11 Å². The van der Waals surface area contributed by atoms with Crippen molar-refractivity contribution in [3.8, 4) is 5.75 Å². The second-order valence-corrected chi connectivity index (χ2v) is 5.62. The maximum Gasteiger partial charge on any atom is 0.255 e. The molecule has 0 aliphatic rings. The Morgan fingerprint density at radius 3 is 2.65 bits per heavy atom. The van der Waals surface area contributed by atoms with Crippen LogP contribution in [0.2, 0.25) is 0 Å². The molecular formula is C17H15N3O2S. The topological polar surface area (TPSA) is 63.2 Å². The van der Waals surface area contributed by atoms with Crippen molar-refractivity contribution in [2.45, 2.75) is 0 Å². The van der Waals surface area contributed by atoms with Crippen LogP contribution >= 0.6 is 11.3 Å². The van der Waals surface area contributed by atoms with Crippen LogP contribution in [0, 0.1) is 0 Å². The van der Waals surface area contributed by atoms with Crippen LogP contribution in [0.5, 0.6) is 5.75 Å². The molecule has 1 amide bonds. The number of anilines is 3. The summed E-state index contributed by atoms with van der Waals surface area (Å²) < 4.78 is 5.10. The molecule has 0 aliphatic heterocycles. The number of amides is 1. The molecule has 0 fully saturated rings. The first-order valence-corrected chi connectivity index (χ1v) is 7.84. The Morgan fingerprint density at radius 1 is 1.13 bits per heavy atom. The van der Waals surface area contributed by atoms with Crippen LogP contribution < -0.4 is 15.4 Å². The summed E-state index contributed by atoms with van der Waals surface area (Å²) in [4.78, 5) is 16.5. The van der Waals surface area contributed by atoms with Crippen LogP contribution in [0.4, 0.5) is 16.5 Å². The highest BCUT2D eigenvalue weighted by molar-refractivity contribution is 7.13. The van der Waals surface area contributed by atoms with Gasteiger partial charge in [-0.2, -0.15) is 0 Å². The number of methoxy groups -OCH3 is 1. The molecule has 0 saturated carbocycles. The molecule has 0 spiro atoms. The second kappa shape index (κ2) is 6.93. The van der Waals surface area contributed by atoms with Gasteiger partial charge < -0.3 is 15.4 Å². The summed E-state index contributed by atoms with van der Waals surface area (Å²) >= 11 is 1.50. The molecule has 0 unspecified atom stereocenters. The van der Waals surface area contributed by atoms with Gasteiger partial charge in [0.25, 0.3) is 5.91 Å². The van der Waals surface area contributed by atoms with Crippen molar-refractivity contribution in [1.29, 1.82) is 0 Å². The van der Waals surface area contributed by atoms with E-state index in [1.54, 1.807) is 49.7 Å². The molecule has 0 saturated heterocycles. The van der Waals surface area contributed by atoms with Gasteiger partial charge in [0.2, 0.25) is 0 Å². The van der Waals surface area contributed by atoms with E-state index < -0.39 is 0 Å². The molecule has 116 valence electrons. The number of hydrogen-bond donors (Lipinski definition) is 2. The quantitative estimate of drug-likeness (QED) is 0.740. The highest BCUT2D eigenvalue weighted by atomic mass is 32.1. The van der Waals surface area contributed by atoms with E-state index in [1.807, 2.05) is 17.5 Å². The minimum Gasteiger partial charge on any atom is -0.497 e.